The van der Waals surface area contributed by atoms with Crippen LogP contribution in [0.2, 0.25) is 0 Å². The average Bonchev–Trinajstić information content (AvgIpc) is 2.57. The number of carboxylic acid groups (broad SMARTS) is 1. The number of carbonyl (C=O) groups excluding carboxylic acids is 2. The molecule has 0 bridgehead atoms. The second-order valence-electron chi connectivity index (χ2n) is 5.63. The summed E-state index contributed by atoms with van der Waals surface area (Å²) in [5, 5.41) is 30.8. The summed E-state index contributed by atoms with van der Waals surface area (Å²) in [6.45, 7) is 2.62. The molecule has 138 valence electrons. The number of aliphatic hydroxyl groups is 2. The van der Waals surface area contributed by atoms with Crippen molar-refractivity contribution in [1.82, 2.24) is 0 Å². The van der Waals surface area contributed by atoms with Gasteiger partial charge in [0.05, 0.1) is 12.5 Å². The highest BCUT2D eigenvalue weighted by Gasteiger charge is 2.40. The fourth-order valence-corrected chi connectivity index (χ4v) is 2.08. The van der Waals surface area contributed by atoms with Gasteiger partial charge in [0.25, 0.3) is 0 Å². The van der Waals surface area contributed by atoms with Gasteiger partial charge in [0, 0.05) is 17.7 Å². The molecule has 0 aliphatic carbocycles. The van der Waals surface area contributed by atoms with Crippen LogP contribution < -0.4 is 5.32 Å². The van der Waals surface area contributed by atoms with Gasteiger partial charge in [0.2, 0.25) is 5.91 Å². The second-order valence-corrected chi connectivity index (χ2v) is 5.63. The Kier molecular flexibility index (Phi) is 7.53. The molecule has 1 aromatic rings. The van der Waals surface area contributed by atoms with Crippen molar-refractivity contribution in [2.45, 2.75) is 51.4 Å². The quantitative estimate of drug-likeness (QED) is 0.488. The van der Waals surface area contributed by atoms with E-state index < -0.39 is 29.6 Å². The molecular formula is C17H23NO7. The van der Waals surface area contributed by atoms with Gasteiger partial charge in [-0.3, -0.25) is 9.59 Å². The number of para-hydroxylation sites is 1. The van der Waals surface area contributed by atoms with E-state index in [0.717, 1.165) is 0 Å². The lowest BCUT2D eigenvalue weighted by atomic mass is 9.95. The van der Waals surface area contributed by atoms with Crippen LogP contribution in [0.4, 0.5) is 5.69 Å². The van der Waals surface area contributed by atoms with Gasteiger partial charge >= 0.3 is 11.9 Å². The lowest BCUT2D eigenvalue weighted by Gasteiger charge is -2.27. The Labute approximate surface area is 145 Å². The van der Waals surface area contributed by atoms with Gasteiger partial charge in [-0.25, -0.2) is 4.79 Å². The van der Waals surface area contributed by atoms with E-state index in [2.05, 4.69) is 5.32 Å². The third kappa shape index (κ3) is 5.84. The summed E-state index contributed by atoms with van der Waals surface area (Å²) in [6, 6.07) is 6.54. The molecule has 8 heteroatoms. The maximum atomic E-state index is 12.0. The van der Waals surface area contributed by atoms with Crippen LogP contribution in [-0.4, -0.2) is 44.9 Å². The van der Waals surface area contributed by atoms with E-state index in [1.807, 2.05) is 0 Å². The zero-order chi connectivity index (χ0) is 19.0. The van der Waals surface area contributed by atoms with Crippen molar-refractivity contribution >= 4 is 23.5 Å². The fourth-order valence-electron chi connectivity index (χ4n) is 2.08. The standard InChI is InChI=1S/C17H23NO7/c1-3-17(24,11(2)19)16(23)25-10-12-6-4-5-7-13(12)18-14(20)8-9-15(21)22/h4-7,11,19,24H,3,8-10H2,1-2H3,(H,18,20)(H,21,22). The average molecular weight is 353 g/mol. The predicted octanol–water partition coefficient (Wildman–Crippen LogP) is 1.05. The molecule has 25 heavy (non-hydrogen) atoms. The minimum absolute atomic E-state index is 0.0168. The van der Waals surface area contributed by atoms with Crippen LogP contribution in [0.3, 0.4) is 0 Å². The number of amides is 1. The number of hydrogen-bond donors (Lipinski definition) is 4. The summed E-state index contributed by atoms with van der Waals surface area (Å²) in [5.74, 6) is -2.51. The number of nitrogens with one attached hydrogen (secondary N) is 1. The van der Waals surface area contributed by atoms with Gasteiger partial charge in [-0.05, 0) is 19.4 Å². The zero-order valence-corrected chi connectivity index (χ0v) is 14.2. The lowest BCUT2D eigenvalue weighted by molar-refractivity contribution is -0.178. The smallest absolute Gasteiger partial charge is 0.341 e. The first kappa shape index (κ1) is 20.6. The number of hydrogen-bond acceptors (Lipinski definition) is 6. The summed E-state index contributed by atoms with van der Waals surface area (Å²) < 4.78 is 5.07. The summed E-state index contributed by atoms with van der Waals surface area (Å²) in [7, 11) is 0. The van der Waals surface area contributed by atoms with Crippen molar-refractivity contribution in [3.63, 3.8) is 0 Å². The van der Waals surface area contributed by atoms with E-state index >= 15 is 0 Å². The molecule has 1 amide bonds. The Morgan fingerprint density at radius 2 is 1.88 bits per heavy atom. The van der Waals surface area contributed by atoms with Crippen LogP contribution in [0, 0.1) is 0 Å². The number of esters is 1. The first-order chi connectivity index (χ1) is 11.7. The van der Waals surface area contributed by atoms with E-state index in [9.17, 15) is 24.6 Å². The van der Waals surface area contributed by atoms with Crippen molar-refractivity contribution in [3.05, 3.63) is 29.8 Å². The highest BCUT2D eigenvalue weighted by atomic mass is 16.6. The van der Waals surface area contributed by atoms with Gasteiger partial charge < -0.3 is 25.4 Å². The van der Waals surface area contributed by atoms with Crippen LogP contribution in [0.1, 0.15) is 38.7 Å². The fraction of sp³-hybridized carbons (Fsp3) is 0.471. The lowest BCUT2D eigenvalue weighted by Crippen LogP contribution is -2.48. The largest absolute Gasteiger partial charge is 0.481 e. The number of carboxylic acids is 1. The van der Waals surface area contributed by atoms with Crippen LogP contribution in [0.25, 0.3) is 0 Å². The highest BCUT2D eigenvalue weighted by molar-refractivity contribution is 5.93. The third-order valence-corrected chi connectivity index (χ3v) is 3.80. The normalized spacial score (nSPS) is 14.2. The van der Waals surface area contributed by atoms with E-state index in [4.69, 9.17) is 9.84 Å². The molecule has 1 aromatic carbocycles. The van der Waals surface area contributed by atoms with Crippen molar-refractivity contribution < 1.29 is 34.4 Å². The number of ether oxygens (including phenoxy) is 1. The number of benzene rings is 1. The van der Waals surface area contributed by atoms with Crippen LogP contribution >= 0.6 is 0 Å². The number of carbonyl (C=O) groups is 3. The van der Waals surface area contributed by atoms with Crippen LogP contribution in [0.5, 0.6) is 0 Å². The molecule has 0 aromatic heterocycles. The molecule has 0 spiro atoms. The first-order valence-corrected chi connectivity index (χ1v) is 7.88. The van der Waals surface area contributed by atoms with Crippen molar-refractivity contribution in [2.75, 3.05) is 5.32 Å². The third-order valence-electron chi connectivity index (χ3n) is 3.80. The van der Waals surface area contributed by atoms with Crippen molar-refractivity contribution in [2.24, 2.45) is 0 Å². The molecule has 0 radical (unpaired) electrons. The number of rotatable bonds is 9. The molecule has 8 nitrogen and oxygen atoms in total. The van der Waals surface area contributed by atoms with E-state index in [0.29, 0.717) is 11.3 Å². The zero-order valence-electron chi connectivity index (χ0n) is 14.2. The van der Waals surface area contributed by atoms with E-state index in [1.165, 1.54) is 6.92 Å². The molecular weight excluding hydrogens is 330 g/mol. The van der Waals surface area contributed by atoms with E-state index in [-0.39, 0.29) is 25.9 Å². The molecule has 0 fully saturated rings. The summed E-state index contributed by atoms with van der Waals surface area (Å²) in [4.78, 5) is 34.3. The van der Waals surface area contributed by atoms with Gasteiger partial charge in [0.1, 0.15) is 6.61 Å². The summed E-state index contributed by atoms with van der Waals surface area (Å²) in [6.07, 6.45) is -1.78. The Morgan fingerprint density at radius 1 is 1.24 bits per heavy atom. The van der Waals surface area contributed by atoms with Crippen LogP contribution in [-0.2, 0) is 25.7 Å². The molecule has 2 atom stereocenters. The molecule has 0 heterocycles. The number of aliphatic hydroxyl groups excluding tert-OH is 1. The molecule has 0 saturated heterocycles. The minimum Gasteiger partial charge on any atom is -0.481 e. The monoisotopic (exact) mass is 353 g/mol. The Hall–Kier alpha value is -2.45. The second kappa shape index (κ2) is 9.14. The van der Waals surface area contributed by atoms with Crippen LogP contribution in [0.15, 0.2) is 24.3 Å². The van der Waals surface area contributed by atoms with Crippen molar-refractivity contribution in [1.29, 1.82) is 0 Å². The molecule has 0 aliphatic heterocycles. The summed E-state index contributed by atoms with van der Waals surface area (Å²) >= 11 is 0. The topological polar surface area (TPSA) is 133 Å². The SMILES string of the molecule is CCC(O)(C(=O)OCc1ccccc1NC(=O)CCC(=O)O)C(C)O. The van der Waals surface area contributed by atoms with Gasteiger partial charge in [-0.15, -0.1) is 0 Å². The predicted molar refractivity (Wildman–Crippen MR) is 88.7 cm³/mol. The van der Waals surface area contributed by atoms with Gasteiger partial charge in [-0.2, -0.15) is 0 Å². The maximum Gasteiger partial charge on any atom is 0.341 e. The Morgan fingerprint density at radius 3 is 2.44 bits per heavy atom. The Balaban J connectivity index is 2.76. The molecule has 4 N–H and O–H groups in total. The molecule has 2 unspecified atom stereocenters. The minimum atomic E-state index is -2.00. The molecule has 0 saturated carbocycles. The molecule has 0 aliphatic rings. The Bertz CT molecular complexity index is 629. The maximum absolute atomic E-state index is 12.0. The number of anilines is 1. The first-order valence-electron chi connectivity index (χ1n) is 7.88. The van der Waals surface area contributed by atoms with Gasteiger partial charge in [-0.1, -0.05) is 25.1 Å². The number of aliphatic carboxylic acids is 1. The van der Waals surface area contributed by atoms with Crippen molar-refractivity contribution in [3.8, 4) is 0 Å². The highest BCUT2D eigenvalue weighted by Crippen LogP contribution is 2.21. The van der Waals surface area contributed by atoms with Gasteiger partial charge in [0.15, 0.2) is 5.60 Å². The summed E-state index contributed by atoms with van der Waals surface area (Å²) in [5.41, 5.74) is -1.15. The molecule has 1 rings (SSSR count). The van der Waals surface area contributed by atoms with E-state index in [1.54, 1.807) is 31.2 Å².